The van der Waals surface area contributed by atoms with Gasteiger partial charge >= 0.3 is 0 Å². The predicted octanol–water partition coefficient (Wildman–Crippen LogP) is 3.73. The molecule has 2 aromatic rings. The van der Waals surface area contributed by atoms with E-state index in [0.29, 0.717) is 12.3 Å². The topological polar surface area (TPSA) is 75.7 Å². The van der Waals surface area contributed by atoms with Crippen LogP contribution in [0.3, 0.4) is 0 Å². The lowest BCUT2D eigenvalue weighted by Gasteiger charge is -2.29. The molecule has 1 aliphatic heterocycles. The highest BCUT2D eigenvalue weighted by atomic mass is 16.5. The van der Waals surface area contributed by atoms with Crippen LogP contribution in [0.15, 0.2) is 48.5 Å². The molecule has 6 heteroatoms. The van der Waals surface area contributed by atoms with Crippen LogP contribution >= 0.6 is 0 Å². The number of ketones is 1. The van der Waals surface area contributed by atoms with Crippen molar-refractivity contribution in [1.82, 2.24) is 10.2 Å². The molecule has 0 radical (unpaired) electrons. The molecule has 33 heavy (non-hydrogen) atoms. The van der Waals surface area contributed by atoms with Gasteiger partial charge in [-0.25, -0.2) is 0 Å². The summed E-state index contributed by atoms with van der Waals surface area (Å²) in [7, 11) is 3.23. The number of methoxy groups -OCH3 is 1. The van der Waals surface area contributed by atoms with Gasteiger partial charge in [0.05, 0.1) is 13.0 Å². The Hall–Kier alpha value is -3.15. The van der Waals surface area contributed by atoms with Crippen molar-refractivity contribution in [2.45, 2.75) is 46.1 Å². The highest BCUT2D eigenvalue weighted by Crippen LogP contribution is 2.28. The van der Waals surface area contributed by atoms with Crippen molar-refractivity contribution in [2.75, 3.05) is 20.7 Å². The second kappa shape index (κ2) is 10.2. The van der Waals surface area contributed by atoms with Gasteiger partial charge in [-0.2, -0.15) is 0 Å². The zero-order valence-electron chi connectivity index (χ0n) is 20.2. The van der Waals surface area contributed by atoms with Gasteiger partial charge in [-0.3, -0.25) is 14.4 Å². The third-order valence-electron chi connectivity index (χ3n) is 5.93. The van der Waals surface area contributed by atoms with E-state index >= 15 is 0 Å². The Kier molecular flexibility index (Phi) is 7.57. The maximum absolute atomic E-state index is 13.5. The van der Waals surface area contributed by atoms with Gasteiger partial charge in [-0.05, 0) is 40.7 Å². The zero-order chi connectivity index (χ0) is 24.2. The first-order valence-electron chi connectivity index (χ1n) is 11.4. The molecule has 1 N–H and O–H groups in total. The molecule has 2 unspecified atom stereocenters. The molecular formula is C27H34N2O4. The molecule has 1 fully saturated rings. The standard InChI is InChI=1S/C27H34N2O4/c1-27(2,3)16-19-8-6-18(7-9-19)14-23(30)25(20-10-12-22(33-5)13-11-20)29(4)26(32)21-15-24(31)28-17-21/h6-13,21,25H,14-17H2,1-5H3,(H,28,31). The van der Waals surface area contributed by atoms with E-state index < -0.39 is 12.0 Å². The van der Waals surface area contributed by atoms with Crippen LogP contribution in [0.2, 0.25) is 0 Å². The van der Waals surface area contributed by atoms with Gasteiger partial charge in [-0.15, -0.1) is 0 Å². The Morgan fingerprint density at radius 1 is 1.06 bits per heavy atom. The summed E-state index contributed by atoms with van der Waals surface area (Å²) in [4.78, 5) is 39.7. The van der Waals surface area contributed by atoms with Crippen LogP contribution in [0.4, 0.5) is 0 Å². The predicted molar refractivity (Wildman–Crippen MR) is 128 cm³/mol. The number of nitrogens with zero attached hydrogens (tertiary/aromatic N) is 1. The molecule has 6 nitrogen and oxygen atoms in total. The molecule has 1 heterocycles. The lowest BCUT2D eigenvalue weighted by atomic mass is 9.87. The van der Waals surface area contributed by atoms with Crippen molar-refractivity contribution in [2.24, 2.45) is 11.3 Å². The van der Waals surface area contributed by atoms with Gasteiger partial charge in [0.1, 0.15) is 11.8 Å². The average Bonchev–Trinajstić information content (AvgIpc) is 3.20. The summed E-state index contributed by atoms with van der Waals surface area (Å²) in [6, 6.07) is 14.6. The fourth-order valence-electron chi connectivity index (χ4n) is 4.29. The minimum atomic E-state index is -0.742. The molecule has 2 amide bonds. The number of hydrogen-bond donors (Lipinski definition) is 1. The second-order valence-electron chi connectivity index (χ2n) is 10.0. The van der Waals surface area contributed by atoms with Crippen LogP contribution in [-0.4, -0.2) is 43.2 Å². The summed E-state index contributed by atoms with van der Waals surface area (Å²) in [5.41, 5.74) is 3.06. The van der Waals surface area contributed by atoms with E-state index in [0.717, 1.165) is 17.5 Å². The summed E-state index contributed by atoms with van der Waals surface area (Å²) >= 11 is 0. The number of ether oxygens (including phenoxy) is 1. The van der Waals surface area contributed by atoms with Gasteiger partial charge < -0.3 is 15.0 Å². The van der Waals surface area contributed by atoms with Crippen molar-refractivity contribution in [3.05, 3.63) is 65.2 Å². The van der Waals surface area contributed by atoms with E-state index in [1.54, 1.807) is 26.3 Å². The number of Topliss-reactive ketones (excluding diaryl/α,β-unsaturated/α-hetero) is 1. The minimum Gasteiger partial charge on any atom is -0.497 e. The lowest BCUT2D eigenvalue weighted by Crippen LogP contribution is -2.40. The van der Waals surface area contributed by atoms with Gasteiger partial charge in [0.2, 0.25) is 11.8 Å². The monoisotopic (exact) mass is 450 g/mol. The van der Waals surface area contributed by atoms with Crippen molar-refractivity contribution >= 4 is 17.6 Å². The van der Waals surface area contributed by atoms with Crippen LogP contribution in [0.5, 0.6) is 5.75 Å². The summed E-state index contributed by atoms with van der Waals surface area (Å²) in [5.74, 6) is -0.184. The Morgan fingerprint density at radius 2 is 1.67 bits per heavy atom. The first-order chi connectivity index (χ1) is 15.6. The van der Waals surface area contributed by atoms with Gasteiger partial charge in [0.25, 0.3) is 0 Å². The Bertz CT molecular complexity index is 990. The van der Waals surface area contributed by atoms with Crippen LogP contribution in [0.25, 0.3) is 0 Å². The normalized spacial score (nSPS) is 16.8. The molecule has 0 bridgehead atoms. The number of likely N-dealkylation sites (N-methyl/N-ethyl adjacent to an activating group) is 1. The first kappa shape index (κ1) is 24.5. The van der Waals surface area contributed by atoms with Gasteiger partial charge in [0.15, 0.2) is 5.78 Å². The molecule has 0 aromatic heterocycles. The van der Waals surface area contributed by atoms with E-state index in [1.165, 1.54) is 10.5 Å². The van der Waals surface area contributed by atoms with Crippen LogP contribution in [-0.2, 0) is 27.2 Å². The highest BCUT2D eigenvalue weighted by molar-refractivity contribution is 5.94. The largest absolute Gasteiger partial charge is 0.497 e. The molecule has 2 aromatic carbocycles. The first-order valence-corrected chi connectivity index (χ1v) is 11.4. The van der Waals surface area contributed by atoms with E-state index in [9.17, 15) is 14.4 Å². The molecule has 3 rings (SSSR count). The van der Waals surface area contributed by atoms with Crippen LogP contribution in [0.1, 0.15) is 49.9 Å². The highest BCUT2D eigenvalue weighted by Gasteiger charge is 2.35. The Balaban J connectivity index is 1.82. The third kappa shape index (κ3) is 6.44. The van der Waals surface area contributed by atoms with Crippen molar-refractivity contribution < 1.29 is 19.1 Å². The number of carbonyl (C=O) groups is 3. The molecule has 176 valence electrons. The summed E-state index contributed by atoms with van der Waals surface area (Å²) in [6.45, 7) is 6.90. The molecule has 0 saturated carbocycles. The number of amides is 2. The summed E-state index contributed by atoms with van der Waals surface area (Å²) in [5, 5.41) is 2.70. The molecule has 0 aliphatic carbocycles. The maximum atomic E-state index is 13.5. The zero-order valence-corrected chi connectivity index (χ0v) is 20.2. The van der Waals surface area contributed by atoms with E-state index in [1.807, 2.05) is 24.3 Å². The number of rotatable bonds is 8. The smallest absolute Gasteiger partial charge is 0.228 e. The number of nitrogens with one attached hydrogen (secondary N) is 1. The van der Waals surface area contributed by atoms with E-state index in [2.05, 4.69) is 38.2 Å². The van der Waals surface area contributed by atoms with Crippen molar-refractivity contribution in [3.63, 3.8) is 0 Å². The average molecular weight is 451 g/mol. The molecule has 0 spiro atoms. The number of carbonyl (C=O) groups excluding carboxylic acids is 3. The number of hydrogen-bond acceptors (Lipinski definition) is 4. The summed E-state index contributed by atoms with van der Waals surface area (Å²) < 4.78 is 5.24. The van der Waals surface area contributed by atoms with Crippen molar-refractivity contribution in [3.8, 4) is 5.75 Å². The Labute approximate surface area is 196 Å². The molecule has 2 atom stereocenters. The quantitative estimate of drug-likeness (QED) is 0.665. The van der Waals surface area contributed by atoms with Gasteiger partial charge in [0, 0.05) is 26.4 Å². The second-order valence-corrected chi connectivity index (χ2v) is 10.0. The molecular weight excluding hydrogens is 416 g/mol. The summed E-state index contributed by atoms with van der Waals surface area (Å²) in [6.07, 6.45) is 1.33. The minimum absolute atomic E-state index is 0.0723. The van der Waals surface area contributed by atoms with Gasteiger partial charge in [-0.1, -0.05) is 57.2 Å². The fraction of sp³-hybridized carbons (Fsp3) is 0.444. The SMILES string of the molecule is COc1ccc(C(C(=O)Cc2ccc(CC(C)(C)C)cc2)N(C)C(=O)C2CNC(=O)C2)cc1. The van der Waals surface area contributed by atoms with Crippen LogP contribution in [0, 0.1) is 11.3 Å². The third-order valence-corrected chi connectivity index (χ3v) is 5.93. The molecule has 1 aliphatic rings. The van der Waals surface area contributed by atoms with E-state index in [4.69, 9.17) is 4.74 Å². The maximum Gasteiger partial charge on any atom is 0.228 e. The number of benzene rings is 2. The van der Waals surface area contributed by atoms with Crippen molar-refractivity contribution in [1.29, 1.82) is 0 Å². The van der Waals surface area contributed by atoms with E-state index in [-0.39, 0.29) is 35.9 Å². The fourth-order valence-corrected chi connectivity index (χ4v) is 4.29. The van der Waals surface area contributed by atoms with Crippen LogP contribution < -0.4 is 10.1 Å². The molecule has 1 saturated heterocycles. The Morgan fingerprint density at radius 3 is 2.18 bits per heavy atom. The lowest BCUT2D eigenvalue weighted by molar-refractivity contribution is -0.141.